The number of ether oxygens (including phenoxy) is 2. The fourth-order valence-corrected chi connectivity index (χ4v) is 4.18. The first-order valence-corrected chi connectivity index (χ1v) is 14.7. The van der Waals surface area contributed by atoms with Gasteiger partial charge in [-0.2, -0.15) is 15.0 Å². The molecule has 8 heteroatoms. The lowest BCUT2D eigenvalue weighted by atomic mass is 10.1. The van der Waals surface area contributed by atoms with E-state index in [0.717, 1.165) is 48.9 Å². The van der Waals surface area contributed by atoms with E-state index in [0.29, 0.717) is 11.9 Å². The molecule has 212 valence electrons. The molecule has 0 aliphatic heterocycles. The lowest BCUT2D eigenvalue weighted by molar-refractivity contribution is 0.304. The van der Waals surface area contributed by atoms with Crippen LogP contribution in [0.5, 0.6) is 11.5 Å². The third kappa shape index (κ3) is 12.2. The Morgan fingerprint density at radius 2 is 0.923 bits per heavy atom. The molecule has 2 aromatic carbocycles. The van der Waals surface area contributed by atoms with E-state index in [1.807, 2.05) is 48.5 Å². The molecule has 0 saturated heterocycles. The highest BCUT2D eigenvalue weighted by molar-refractivity contribution is 5.59. The molecule has 0 aliphatic carbocycles. The lowest BCUT2D eigenvalue weighted by Crippen LogP contribution is -2.07. The Kier molecular flexibility index (Phi) is 13.7. The van der Waals surface area contributed by atoms with Gasteiger partial charge in [0.15, 0.2) is 0 Å². The van der Waals surface area contributed by atoms with E-state index < -0.39 is 0 Å². The molecule has 3 rings (SSSR count). The van der Waals surface area contributed by atoms with Gasteiger partial charge in [0.25, 0.3) is 0 Å². The number of hydrogen-bond donors (Lipinski definition) is 3. The Hall–Kier alpha value is -3.55. The molecular formula is C31H46N6O2. The van der Waals surface area contributed by atoms with Gasteiger partial charge in [-0.3, -0.25) is 0 Å². The summed E-state index contributed by atoms with van der Waals surface area (Å²) in [5.74, 6) is 2.57. The average Bonchev–Trinajstić information content (AvgIpc) is 2.93. The van der Waals surface area contributed by atoms with Crippen molar-refractivity contribution in [3.8, 4) is 11.5 Å². The Morgan fingerprint density at radius 1 is 0.538 bits per heavy atom. The lowest BCUT2D eigenvalue weighted by Gasteiger charge is -2.11. The SMILES string of the molecule is CCCCCCCCOc1ccc(Nc2nc(N)nc(Nc3ccc(OCCCCCCCC)cc3)n2)cc1. The van der Waals surface area contributed by atoms with Crippen molar-refractivity contribution in [3.05, 3.63) is 48.5 Å². The maximum absolute atomic E-state index is 5.95. The first-order valence-electron chi connectivity index (χ1n) is 14.7. The van der Waals surface area contributed by atoms with Crippen LogP contribution in [-0.4, -0.2) is 28.2 Å². The first-order chi connectivity index (χ1) is 19.2. The van der Waals surface area contributed by atoms with Crippen LogP contribution in [-0.2, 0) is 0 Å². The molecule has 1 aromatic heterocycles. The number of unbranched alkanes of at least 4 members (excludes halogenated alkanes) is 10. The van der Waals surface area contributed by atoms with E-state index in [4.69, 9.17) is 15.2 Å². The minimum atomic E-state index is 0.132. The van der Waals surface area contributed by atoms with Crippen molar-refractivity contribution in [3.63, 3.8) is 0 Å². The van der Waals surface area contributed by atoms with E-state index in [-0.39, 0.29) is 5.95 Å². The number of rotatable bonds is 20. The number of hydrogen-bond acceptors (Lipinski definition) is 8. The van der Waals surface area contributed by atoms with Crippen molar-refractivity contribution >= 4 is 29.2 Å². The van der Waals surface area contributed by atoms with Crippen LogP contribution >= 0.6 is 0 Å². The number of anilines is 5. The van der Waals surface area contributed by atoms with Crippen molar-refractivity contribution in [1.82, 2.24) is 15.0 Å². The maximum atomic E-state index is 5.95. The molecule has 3 aromatic rings. The van der Waals surface area contributed by atoms with Crippen molar-refractivity contribution in [2.75, 3.05) is 29.6 Å². The average molecular weight is 535 g/mol. The van der Waals surface area contributed by atoms with Gasteiger partial charge < -0.3 is 25.8 Å². The highest BCUT2D eigenvalue weighted by Gasteiger charge is 2.07. The third-order valence-corrected chi connectivity index (χ3v) is 6.41. The number of aromatic nitrogens is 3. The van der Waals surface area contributed by atoms with E-state index in [1.165, 1.54) is 64.2 Å². The summed E-state index contributed by atoms with van der Waals surface area (Å²) in [5, 5.41) is 6.38. The van der Waals surface area contributed by atoms with Crippen molar-refractivity contribution in [2.45, 2.75) is 90.9 Å². The summed E-state index contributed by atoms with van der Waals surface area (Å²) in [4.78, 5) is 12.9. The second-order valence-corrected chi connectivity index (χ2v) is 9.87. The summed E-state index contributed by atoms with van der Waals surface area (Å²) < 4.78 is 11.7. The Morgan fingerprint density at radius 3 is 1.33 bits per heavy atom. The van der Waals surface area contributed by atoms with Crippen LogP contribution in [0.2, 0.25) is 0 Å². The summed E-state index contributed by atoms with van der Waals surface area (Å²) in [6.45, 7) is 5.95. The molecule has 0 radical (unpaired) electrons. The molecule has 0 amide bonds. The predicted molar refractivity (Wildman–Crippen MR) is 161 cm³/mol. The Bertz CT molecular complexity index is 978. The van der Waals surface area contributed by atoms with Gasteiger partial charge in [-0.15, -0.1) is 0 Å². The predicted octanol–water partition coefficient (Wildman–Crippen LogP) is 8.42. The van der Waals surface area contributed by atoms with Gasteiger partial charge in [-0.25, -0.2) is 0 Å². The summed E-state index contributed by atoms with van der Waals surface area (Å²) in [5.41, 5.74) is 7.62. The zero-order chi connectivity index (χ0) is 27.5. The Balaban J connectivity index is 1.43. The van der Waals surface area contributed by atoms with Gasteiger partial charge in [0.1, 0.15) is 11.5 Å². The van der Waals surface area contributed by atoms with Crippen LogP contribution in [0.3, 0.4) is 0 Å². The summed E-state index contributed by atoms with van der Waals surface area (Å²) in [6.07, 6.45) is 15.0. The Labute approximate surface area is 234 Å². The number of nitrogen functional groups attached to an aromatic ring is 1. The minimum absolute atomic E-state index is 0.132. The molecule has 8 nitrogen and oxygen atoms in total. The fourth-order valence-electron chi connectivity index (χ4n) is 4.18. The van der Waals surface area contributed by atoms with Crippen LogP contribution in [0.1, 0.15) is 90.9 Å². The smallest absolute Gasteiger partial charge is 0.233 e. The van der Waals surface area contributed by atoms with E-state index in [1.54, 1.807) is 0 Å². The first kappa shape index (κ1) is 30.0. The molecule has 0 spiro atoms. The highest BCUT2D eigenvalue weighted by atomic mass is 16.5. The molecule has 0 bridgehead atoms. The molecule has 0 aliphatic rings. The van der Waals surface area contributed by atoms with Crippen LogP contribution in [0.4, 0.5) is 29.2 Å². The number of nitrogens with one attached hydrogen (secondary N) is 2. The number of nitrogens with zero attached hydrogens (tertiary/aromatic N) is 3. The second kappa shape index (κ2) is 17.9. The monoisotopic (exact) mass is 534 g/mol. The molecule has 0 saturated carbocycles. The zero-order valence-electron chi connectivity index (χ0n) is 23.8. The van der Waals surface area contributed by atoms with Crippen LogP contribution in [0.15, 0.2) is 48.5 Å². The van der Waals surface area contributed by atoms with E-state index >= 15 is 0 Å². The molecule has 39 heavy (non-hydrogen) atoms. The van der Waals surface area contributed by atoms with Gasteiger partial charge in [0.2, 0.25) is 17.8 Å². The highest BCUT2D eigenvalue weighted by Crippen LogP contribution is 2.22. The molecule has 0 unspecified atom stereocenters. The van der Waals surface area contributed by atoms with Crippen LogP contribution in [0.25, 0.3) is 0 Å². The van der Waals surface area contributed by atoms with Crippen LogP contribution < -0.4 is 25.8 Å². The quantitative estimate of drug-likeness (QED) is 0.124. The van der Waals surface area contributed by atoms with Gasteiger partial charge in [0.05, 0.1) is 13.2 Å². The van der Waals surface area contributed by atoms with Crippen molar-refractivity contribution in [2.24, 2.45) is 0 Å². The van der Waals surface area contributed by atoms with Crippen molar-refractivity contribution < 1.29 is 9.47 Å². The van der Waals surface area contributed by atoms with E-state index in [9.17, 15) is 0 Å². The molecule has 0 atom stereocenters. The maximum Gasteiger partial charge on any atom is 0.233 e. The largest absolute Gasteiger partial charge is 0.494 e. The van der Waals surface area contributed by atoms with Gasteiger partial charge in [-0.05, 0) is 61.4 Å². The molecule has 1 heterocycles. The molecular weight excluding hydrogens is 488 g/mol. The van der Waals surface area contributed by atoms with Crippen molar-refractivity contribution in [1.29, 1.82) is 0 Å². The summed E-state index contributed by atoms with van der Waals surface area (Å²) in [6, 6.07) is 15.5. The van der Waals surface area contributed by atoms with Gasteiger partial charge in [-0.1, -0.05) is 78.1 Å². The standard InChI is InChI=1S/C31H46N6O2/c1-3-5-7-9-11-13-23-38-27-19-15-25(16-20-27)33-30-35-29(32)36-31(37-30)34-26-17-21-28(22-18-26)39-24-14-12-10-8-6-4-2/h15-22H,3-14,23-24H2,1-2H3,(H4,32,33,34,35,36,37). The molecule has 0 fully saturated rings. The summed E-state index contributed by atoms with van der Waals surface area (Å²) in [7, 11) is 0. The normalized spacial score (nSPS) is 10.8. The number of benzene rings is 2. The second-order valence-electron chi connectivity index (χ2n) is 9.87. The van der Waals surface area contributed by atoms with Gasteiger partial charge >= 0.3 is 0 Å². The van der Waals surface area contributed by atoms with Gasteiger partial charge in [0, 0.05) is 11.4 Å². The van der Waals surface area contributed by atoms with E-state index in [2.05, 4.69) is 39.4 Å². The van der Waals surface area contributed by atoms with Crippen LogP contribution in [0, 0.1) is 0 Å². The number of nitrogens with two attached hydrogens (primary N) is 1. The molecule has 4 N–H and O–H groups in total. The zero-order valence-corrected chi connectivity index (χ0v) is 23.8. The third-order valence-electron chi connectivity index (χ3n) is 6.41. The topological polar surface area (TPSA) is 107 Å². The fraction of sp³-hybridized carbons (Fsp3) is 0.516. The minimum Gasteiger partial charge on any atom is -0.494 e. The summed E-state index contributed by atoms with van der Waals surface area (Å²) >= 11 is 0.